The van der Waals surface area contributed by atoms with E-state index in [4.69, 9.17) is 23.2 Å². The zero-order valence-corrected chi connectivity index (χ0v) is 11.6. The number of benzene rings is 1. The first-order valence-corrected chi connectivity index (χ1v) is 6.55. The second-order valence-corrected chi connectivity index (χ2v) is 4.77. The smallest absolute Gasteiger partial charge is 0.254 e. The Morgan fingerprint density at radius 2 is 1.89 bits per heavy atom. The van der Waals surface area contributed by atoms with E-state index in [9.17, 15) is 4.79 Å². The zero-order valence-electron chi connectivity index (χ0n) is 10.1. The van der Waals surface area contributed by atoms with Crippen LogP contribution in [0.3, 0.4) is 0 Å². The third-order valence-electron chi connectivity index (χ3n) is 2.62. The highest BCUT2D eigenvalue weighted by molar-refractivity contribution is 6.32. The molecule has 19 heavy (non-hydrogen) atoms. The topological polar surface area (TPSA) is 42.0 Å². The molecule has 3 nitrogen and oxygen atoms in total. The molecule has 0 aliphatic heterocycles. The molecule has 0 saturated heterocycles. The molecule has 1 aromatic heterocycles. The van der Waals surface area contributed by atoms with Gasteiger partial charge in [-0.15, -0.1) is 0 Å². The maximum atomic E-state index is 11.9. The minimum Gasteiger partial charge on any atom is -0.352 e. The van der Waals surface area contributed by atoms with E-state index in [2.05, 4.69) is 10.3 Å². The van der Waals surface area contributed by atoms with Crippen LogP contribution in [-0.2, 0) is 6.42 Å². The Labute approximate surface area is 121 Å². The van der Waals surface area contributed by atoms with Crippen molar-refractivity contribution in [1.29, 1.82) is 0 Å². The first-order valence-electron chi connectivity index (χ1n) is 5.80. The molecule has 5 heteroatoms. The summed E-state index contributed by atoms with van der Waals surface area (Å²) in [7, 11) is 0. The van der Waals surface area contributed by atoms with E-state index in [0.29, 0.717) is 17.1 Å². The van der Waals surface area contributed by atoms with Gasteiger partial charge in [0.15, 0.2) is 0 Å². The van der Waals surface area contributed by atoms with Crippen LogP contribution in [0.4, 0.5) is 0 Å². The SMILES string of the molecule is O=C(NCCc1ccc(Cl)cc1)c1cccnc1Cl. The summed E-state index contributed by atoms with van der Waals surface area (Å²) in [5, 5.41) is 3.72. The van der Waals surface area contributed by atoms with Crippen molar-refractivity contribution in [3.05, 3.63) is 63.9 Å². The number of rotatable bonds is 4. The molecule has 1 amide bonds. The minimum atomic E-state index is -0.216. The van der Waals surface area contributed by atoms with Crippen molar-refractivity contribution in [2.24, 2.45) is 0 Å². The highest BCUT2D eigenvalue weighted by Gasteiger charge is 2.09. The lowest BCUT2D eigenvalue weighted by Gasteiger charge is -2.06. The Hall–Kier alpha value is -1.58. The summed E-state index contributed by atoms with van der Waals surface area (Å²) < 4.78 is 0. The summed E-state index contributed by atoms with van der Waals surface area (Å²) in [6.45, 7) is 0.533. The minimum absolute atomic E-state index is 0.214. The van der Waals surface area contributed by atoms with Gasteiger partial charge >= 0.3 is 0 Å². The largest absolute Gasteiger partial charge is 0.352 e. The molecule has 1 N–H and O–H groups in total. The Bertz CT molecular complexity index is 570. The molecule has 2 rings (SSSR count). The van der Waals surface area contributed by atoms with Gasteiger partial charge in [-0.1, -0.05) is 35.3 Å². The zero-order chi connectivity index (χ0) is 13.7. The van der Waals surface area contributed by atoms with Crippen LogP contribution in [0.5, 0.6) is 0 Å². The number of nitrogens with one attached hydrogen (secondary N) is 1. The molecule has 1 aromatic carbocycles. The van der Waals surface area contributed by atoms with Crippen LogP contribution < -0.4 is 5.32 Å². The average molecular weight is 295 g/mol. The summed E-state index contributed by atoms with van der Waals surface area (Å²) in [5.41, 5.74) is 1.50. The van der Waals surface area contributed by atoms with E-state index in [1.807, 2.05) is 24.3 Å². The lowest BCUT2D eigenvalue weighted by atomic mass is 10.1. The highest BCUT2D eigenvalue weighted by Crippen LogP contribution is 2.11. The number of aromatic nitrogens is 1. The molecular formula is C14H12Cl2N2O. The fourth-order valence-electron chi connectivity index (χ4n) is 1.62. The lowest BCUT2D eigenvalue weighted by molar-refractivity contribution is 0.0954. The summed E-state index contributed by atoms with van der Waals surface area (Å²) in [6.07, 6.45) is 2.29. The van der Waals surface area contributed by atoms with Crippen molar-refractivity contribution in [3.8, 4) is 0 Å². The number of pyridine rings is 1. The molecule has 0 atom stereocenters. The Morgan fingerprint density at radius 3 is 2.58 bits per heavy atom. The van der Waals surface area contributed by atoms with Crippen LogP contribution in [0, 0.1) is 0 Å². The number of hydrogen-bond donors (Lipinski definition) is 1. The van der Waals surface area contributed by atoms with Gasteiger partial charge in [-0.3, -0.25) is 4.79 Å². The van der Waals surface area contributed by atoms with Crippen molar-refractivity contribution in [2.75, 3.05) is 6.54 Å². The molecule has 1 heterocycles. The first-order chi connectivity index (χ1) is 9.16. The molecule has 0 radical (unpaired) electrons. The van der Waals surface area contributed by atoms with Gasteiger partial charge in [0.2, 0.25) is 0 Å². The van der Waals surface area contributed by atoms with Gasteiger partial charge in [0.05, 0.1) is 5.56 Å². The van der Waals surface area contributed by atoms with Gasteiger partial charge in [-0.25, -0.2) is 4.98 Å². The predicted octanol–water partition coefficient (Wildman–Crippen LogP) is 3.36. The van der Waals surface area contributed by atoms with Crippen LogP contribution in [0.1, 0.15) is 15.9 Å². The number of halogens is 2. The van der Waals surface area contributed by atoms with Crippen LogP contribution in [0.25, 0.3) is 0 Å². The monoisotopic (exact) mass is 294 g/mol. The fourth-order valence-corrected chi connectivity index (χ4v) is 1.95. The van der Waals surface area contributed by atoms with Crippen LogP contribution in [-0.4, -0.2) is 17.4 Å². The van der Waals surface area contributed by atoms with E-state index in [1.54, 1.807) is 18.3 Å². The van der Waals surface area contributed by atoms with Crippen molar-refractivity contribution in [1.82, 2.24) is 10.3 Å². The van der Waals surface area contributed by atoms with Crippen LogP contribution in [0.2, 0.25) is 10.2 Å². The van der Waals surface area contributed by atoms with Crippen molar-refractivity contribution < 1.29 is 4.79 Å². The molecule has 0 saturated carbocycles. The van der Waals surface area contributed by atoms with E-state index < -0.39 is 0 Å². The summed E-state index contributed by atoms with van der Waals surface area (Å²) >= 11 is 11.6. The van der Waals surface area contributed by atoms with Gasteiger partial charge in [-0.05, 0) is 36.2 Å². The van der Waals surface area contributed by atoms with Crippen LogP contribution >= 0.6 is 23.2 Å². The molecular weight excluding hydrogens is 283 g/mol. The van der Waals surface area contributed by atoms with Gasteiger partial charge in [-0.2, -0.15) is 0 Å². The van der Waals surface area contributed by atoms with Crippen molar-refractivity contribution >= 4 is 29.1 Å². The van der Waals surface area contributed by atoms with E-state index in [1.165, 1.54) is 0 Å². The Balaban J connectivity index is 1.88. The van der Waals surface area contributed by atoms with E-state index in [-0.39, 0.29) is 11.1 Å². The highest BCUT2D eigenvalue weighted by atomic mass is 35.5. The second-order valence-electron chi connectivity index (χ2n) is 3.97. The van der Waals surface area contributed by atoms with Crippen molar-refractivity contribution in [2.45, 2.75) is 6.42 Å². The van der Waals surface area contributed by atoms with Gasteiger partial charge < -0.3 is 5.32 Å². The number of carbonyl (C=O) groups is 1. The lowest BCUT2D eigenvalue weighted by Crippen LogP contribution is -2.26. The maximum Gasteiger partial charge on any atom is 0.254 e. The number of nitrogens with zero attached hydrogens (tertiary/aromatic N) is 1. The normalized spacial score (nSPS) is 10.2. The van der Waals surface area contributed by atoms with Crippen LogP contribution in [0.15, 0.2) is 42.6 Å². The molecule has 0 aliphatic carbocycles. The van der Waals surface area contributed by atoms with Gasteiger partial charge in [0.25, 0.3) is 5.91 Å². The fraction of sp³-hybridized carbons (Fsp3) is 0.143. The first kappa shape index (κ1) is 13.8. The predicted molar refractivity (Wildman–Crippen MR) is 76.7 cm³/mol. The summed E-state index contributed by atoms with van der Waals surface area (Å²) in [5.74, 6) is -0.216. The second kappa shape index (κ2) is 6.55. The number of amides is 1. The maximum absolute atomic E-state index is 11.9. The Morgan fingerprint density at radius 1 is 1.16 bits per heavy atom. The van der Waals surface area contributed by atoms with E-state index in [0.717, 1.165) is 12.0 Å². The average Bonchev–Trinajstić information content (AvgIpc) is 2.41. The summed E-state index contributed by atoms with van der Waals surface area (Å²) in [4.78, 5) is 15.7. The molecule has 2 aromatic rings. The Kier molecular flexibility index (Phi) is 4.77. The number of hydrogen-bond acceptors (Lipinski definition) is 2. The number of carbonyl (C=O) groups excluding carboxylic acids is 1. The van der Waals surface area contributed by atoms with Gasteiger partial charge in [0.1, 0.15) is 5.15 Å². The van der Waals surface area contributed by atoms with Gasteiger partial charge in [0, 0.05) is 17.8 Å². The quantitative estimate of drug-likeness (QED) is 0.879. The third-order valence-corrected chi connectivity index (χ3v) is 3.17. The summed E-state index contributed by atoms with van der Waals surface area (Å²) in [6, 6.07) is 10.9. The van der Waals surface area contributed by atoms with E-state index >= 15 is 0 Å². The van der Waals surface area contributed by atoms with Crippen molar-refractivity contribution in [3.63, 3.8) is 0 Å². The third kappa shape index (κ3) is 3.94. The molecule has 0 aliphatic rings. The standard InChI is InChI=1S/C14H12Cl2N2O/c15-11-5-3-10(4-6-11)7-9-18-14(19)12-2-1-8-17-13(12)16/h1-6,8H,7,9H2,(H,18,19). The molecule has 98 valence electrons. The molecule has 0 unspecified atom stereocenters. The molecule has 0 spiro atoms. The molecule has 0 fully saturated rings. The molecule has 0 bridgehead atoms.